The van der Waals surface area contributed by atoms with Gasteiger partial charge in [0.1, 0.15) is 0 Å². The lowest BCUT2D eigenvalue weighted by molar-refractivity contribution is 0.0912. The van der Waals surface area contributed by atoms with E-state index >= 15 is 0 Å². The van der Waals surface area contributed by atoms with E-state index in [-0.39, 0.29) is 24.4 Å². The molecule has 3 nitrogen and oxygen atoms in total. The lowest BCUT2D eigenvalue weighted by Crippen LogP contribution is -2.44. The van der Waals surface area contributed by atoms with Crippen molar-refractivity contribution in [1.29, 1.82) is 0 Å². The van der Waals surface area contributed by atoms with Crippen LogP contribution in [0.2, 0.25) is 4.34 Å². The van der Waals surface area contributed by atoms with Gasteiger partial charge in [-0.2, -0.15) is 0 Å². The second kappa shape index (κ2) is 7.34. The molecule has 0 spiro atoms. The Bertz CT molecular complexity index is 397. The van der Waals surface area contributed by atoms with Crippen LogP contribution in [0, 0.1) is 5.92 Å². The highest BCUT2D eigenvalue weighted by atomic mass is 35.5. The first-order valence-corrected chi connectivity index (χ1v) is 7.16. The number of nitrogens with one attached hydrogen (secondary N) is 1. The van der Waals surface area contributed by atoms with Crippen LogP contribution < -0.4 is 11.1 Å². The van der Waals surface area contributed by atoms with Gasteiger partial charge in [-0.1, -0.05) is 24.4 Å². The van der Waals surface area contributed by atoms with Crippen LogP contribution >= 0.6 is 35.3 Å². The van der Waals surface area contributed by atoms with E-state index in [2.05, 4.69) is 5.32 Å². The normalized spacial score (nSPS) is 23.2. The van der Waals surface area contributed by atoms with Crippen molar-refractivity contribution in [2.24, 2.45) is 11.7 Å². The Morgan fingerprint density at radius 1 is 1.44 bits per heavy atom. The van der Waals surface area contributed by atoms with Crippen LogP contribution in [0.1, 0.15) is 35.4 Å². The molecule has 0 radical (unpaired) electrons. The third kappa shape index (κ3) is 3.85. The smallest absolute Gasteiger partial charge is 0.261 e. The molecule has 3 N–H and O–H groups in total. The van der Waals surface area contributed by atoms with Gasteiger partial charge in [0.05, 0.1) is 9.21 Å². The Balaban J connectivity index is 0.00000162. The molecule has 0 aromatic carbocycles. The Labute approximate surface area is 122 Å². The van der Waals surface area contributed by atoms with Crippen LogP contribution in [0.5, 0.6) is 0 Å². The second-order valence-corrected chi connectivity index (χ2v) is 6.18. The van der Waals surface area contributed by atoms with E-state index in [1.807, 2.05) is 0 Å². The van der Waals surface area contributed by atoms with Gasteiger partial charge in [-0.3, -0.25) is 4.79 Å². The number of hydrogen-bond acceptors (Lipinski definition) is 3. The van der Waals surface area contributed by atoms with Crippen molar-refractivity contribution in [1.82, 2.24) is 5.32 Å². The predicted molar refractivity (Wildman–Crippen MR) is 78.8 cm³/mol. The summed E-state index contributed by atoms with van der Waals surface area (Å²) in [6.07, 6.45) is 4.55. The topological polar surface area (TPSA) is 55.1 Å². The summed E-state index contributed by atoms with van der Waals surface area (Å²) in [6, 6.07) is 3.74. The van der Waals surface area contributed by atoms with Gasteiger partial charge in [0.25, 0.3) is 5.91 Å². The Kier molecular flexibility index (Phi) is 6.43. The third-order valence-corrected chi connectivity index (χ3v) is 4.56. The Morgan fingerprint density at radius 2 is 2.17 bits per heavy atom. The zero-order chi connectivity index (χ0) is 12.3. The summed E-state index contributed by atoms with van der Waals surface area (Å²) in [5.41, 5.74) is 5.74. The van der Waals surface area contributed by atoms with E-state index in [1.165, 1.54) is 24.2 Å². The van der Waals surface area contributed by atoms with Gasteiger partial charge >= 0.3 is 0 Å². The zero-order valence-corrected chi connectivity index (χ0v) is 12.4. The van der Waals surface area contributed by atoms with Crippen LogP contribution in [-0.2, 0) is 0 Å². The van der Waals surface area contributed by atoms with Crippen LogP contribution in [-0.4, -0.2) is 18.5 Å². The molecular weight excluding hydrogens is 291 g/mol. The van der Waals surface area contributed by atoms with Crippen molar-refractivity contribution in [3.05, 3.63) is 21.3 Å². The average Bonchev–Trinajstić information content (AvgIpc) is 2.77. The standard InChI is InChI=1S/C12H17ClN2OS.ClH/c13-11-6-5-10(17-11)12(16)15-9-4-2-1-3-8(9)7-14;/h5-6,8-9H,1-4,7,14H2,(H,15,16);1H. The van der Waals surface area contributed by atoms with E-state index < -0.39 is 0 Å². The van der Waals surface area contributed by atoms with Crippen molar-refractivity contribution in [2.75, 3.05) is 6.54 Å². The van der Waals surface area contributed by atoms with Gasteiger partial charge in [0.15, 0.2) is 0 Å². The lowest BCUT2D eigenvalue weighted by Gasteiger charge is -2.31. The van der Waals surface area contributed by atoms with Gasteiger partial charge in [0, 0.05) is 6.04 Å². The van der Waals surface area contributed by atoms with Crippen molar-refractivity contribution in [2.45, 2.75) is 31.7 Å². The molecular formula is C12H18Cl2N2OS. The molecule has 0 saturated heterocycles. The summed E-state index contributed by atoms with van der Waals surface area (Å²) < 4.78 is 0.647. The summed E-state index contributed by atoms with van der Waals surface area (Å²) in [5, 5.41) is 3.08. The Hall–Kier alpha value is -0.290. The summed E-state index contributed by atoms with van der Waals surface area (Å²) in [7, 11) is 0. The first-order chi connectivity index (χ1) is 8.20. The molecule has 1 fully saturated rings. The first-order valence-electron chi connectivity index (χ1n) is 5.97. The number of nitrogens with two attached hydrogens (primary N) is 1. The average molecular weight is 309 g/mol. The number of halogens is 2. The van der Waals surface area contributed by atoms with Crippen LogP contribution in [0.3, 0.4) is 0 Å². The van der Waals surface area contributed by atoms with E-state index in [4.69, 9.17) is 17.3 Å². The number of thiophene rings is 1. The van der Waals surface area contributed by atoms with Crippen molar-refractivity contribution in [3.8, 4) is 0 Å². The minimum Gasteiger partial charge on any atom is -0.348 e. The first kappa shape index (κ1) is 15.8. The van der Waals surface area contributed by atoms with Gasteiger partial charge in [0.2, 0.25) is 0 Å². The second-order valence-electron chi connectivity index (χ2n) is 4.46. The molecule has 1 amide bonds. The molecule has 1 aromatic rings. The molecule has 2 unspecified atom stereocenters. The minimum atomic E-state index is -0.0211. The molecule has 0 aliphatic heterocycles. The lowest BCUT2D eigenvalue weighted by atomic mass is 9.84. The van der Waals surface area contributed by atoms with Crippen molar-refractivity contribution < 1.29 is 4.79 Å². The fraction of sp³-hybridized carbons (Fsp3) is 0.583. The molecule has 1 aromatic heterocycles. The fourth-order valence-corrected chi connectivity index (χ4v) is 3.30. The number of carbonyl (C=O) groups is 1. The van der Waals surface area contributed by atoms with E-state index in [9.17, 15) is 4.79 Å². The quantitative estimate of drug-likeness (QED) is 0.901. The largest absolute Gasteiger partial charge is 0.348 e. The highest BCUT2D eigenvalue weighted by Crippen LogP contribution is 2.25. The van der Waals surface area contributed by atoms with Crippen LogP contribution in [0.25, 0.3) is 0 Å². The molecule has 1 aliphatic carbocycles. The minimum absolute atomic E-state index is 0. The van der Waals surface area contributed by atoms with Crippen molar-refractivity contribution >= 4 is 41.3 Å². The van der Waals surface area contributed by atoms with Crippen LogP contribution in [0.15, 0.2) is 12.1 Å². The van der Waals surface area contributed by atoms with E-state index in [0.717, 1.165) is 12.8 Å². The predicted octanol–water partition coefficient (Wildman–Crippen LogP) is 3.07. The highest BCUT2D eigenvalue weighted by molar-refractivity contribution is 7.17. The number of carbonyl (C=O) groups excluding carboxylic acids is 1. The highest BCUT2D eigenvalue weighted by Gasteiger charge is 2.25. The molecule has 2 rings (SSSR count). The molecule has 102 valence electrons. The fourth-order valence-electron chi connectivity index (χ4n) is 2.36. The van der Waals surface area contributed by atoms with Crippen molar-refractivity contribution in [3.63, 3.8) is 0 Å². The third-order valence-electron chi connectivity index (χ3n) is 3.33. The van der Waals surface area contributed by atoms with Gasteiger partial charge in [-0.25, -0.2) is 0 Å². The van der Waals surface area contributed by atoms with Crippen LogP contribution in [0.4, 0.5) is 0 Å². The van der Waals surface area contributed by atoms with E-state index in [0.29, 0.717) is 21.7 Å². The zero-order valence-electron chi connectivity index (χ0n) is 10.0. The number of amides is 1. The van der Waals surface area contributed by atoms with Gasteiger partial charge in [-0.05, 0) is 37.4 Å². The van der Waals surface area contributed by atoms with E-state index in [1.54, 1.807) is 12.1 Å². The molecule has 1 aliphatic rings. The molecule has 0 bridgehead atoms. The summed E-state index contributed by atoms with van der Waals surface area (Å²) in [6.45, 7) is 0.649. The maximum Gasteiger partial charge on any atom is 0.261 e. The molecule has 1 heterocycles. The number of hydrogen-bond donors (Lipinski definition) is 2. The summed E-state index contributed by atoms with van der Waals surface area (Å²) in [4.78, 5) is 12.7. The maximum absolute atomic E-state index is 12.0. The summed E-state index contributed by atoms with van der Waals surface area (Å²) in [5.74, 6) is 0.399. The SMILES string of the molecule is Cl.NCC1CCCCC1NC(=O)c1ccc(Cl)s1. The maximum atomic E-state index is 12.0. The number of rotatable bonds is 3. The molecule has 2 atom stereocenters. The molecule has 1 saturated carbocycles. The monoisotopic (exact) mass is 308 g/mol. The molecule has 18 heavy (non-hydrogen) atoms. The molecule has 6 heteroatoms. The Morgan fingerprint density at radius 3 is 2.78 bits per heavy atom. The summed E-state index contributed by atoms with van der Waals surface area (Å²) >= 11 is 7.14. The van der Waals surface area contributed by atoms with Gasteiger partial charge in [-0.15, -0.1) is 23.7 Å². The van der Waals surface area contributed by atoms with Gasteiger partial charge < -0.3 is 11.1 Å².